The number of fused-ring (bicyclic) bond motifs is 2. The van der Waals surface area contributed by atoms with Crippen molar-refractivity contribution in [2.24, 2.45) is 0 Å². The van der Waals surface area contributed by atoms with Crippen molar-refractivity contribution >= 4 is 15.7 Å². The summed E-state index contributed by atoms with van der Waals surface area (Å²) in [5.41, 5.74) is 4.00. The molecule has 6 heteroatoms. The molecule has 1 heterocycles. The van der Waals surface area contributed by atoms with Crippen molar-refractivity contribution in [2.45, 2.75) is 37.1 Å². The van der Waals surface area contributed by atoms with E-state index in [0.717, 1.165) is 42.6 Å². The Hall–Kier alpha value is -2.05. The molecule has 2 aromatic rings. The maximum atomic E-state index is 13.1. The topological polar surface area (TPSA) is 58.6 Å². The monoisotopic (exact) mass is 372 g/mol. The first-order chi connectivity index (χ1) is 12.5. The normalized spacial score (nSPS) is 19.5. The average Bonchev–Trinajstić information content (AvgIpc) is 2.62. The summed E-state index contributed by atoms with van der Waals surface area (Å²) >= 11 is 0. The van der Waals surface area contributed by atoms with Crippen LogP contribution in [-0.2, 0) is 16.4 Å². The molecule has 1 unspecified atom stereocenters. The molecule has 138 valence electrons. The van der Waals surface area contributed by atoms with E-state index in [1.54, 1.807) is 6.07 Å². The van der Waals surface area contributed by atoms with Gasteiger partial charge in [-0.05, 0) is 48.9 Å². The molecule has 1 atom stereocenters. The molecule has 0 radical (unpaired) electrons. The van der Waals surface area contributed by atoms with Gasteiger partial charge in [-0.3, -0.25) is 0 Å². The highest BCUT2D eigenvalue weighted by atomic mass is 32.2. The van der Waals surface area contributed by atoms with Gasteiger partial charge in [-0.15, -0.1) is 0 Å². The lowest BCUT2D eigenvalue weighted by Gasteiger charge is -2.29. The molecule has 2 aromatic carbocycles. The van der Waals surface area contributed by atoms with Crippen LogP contribution in [0.1, 0.15) is 35.6 Å². The molecule has 4 rings (SSSR count). The van der Waals surface area contributed by atoms with E-state index in [-0.39, 0.29) is 6.04 Å². The summed E-state index contributed by atoms with van der Waals surface area (Å²) in [5, 5.41) is 0. The minimum Gasteiger partial charge on any atom is -0.490 e. The largest absolute Gasteiger partial charge is 0.490 e. The number of ether oxygens (including phenoxy) is 1. The number of nitrogens with zero attached hydrogens (tertiary/aromatic N) is 1. The second-order valence-electron chi connectivity index (χ2n) is 7.12. The van der Waals surface area contributed by atoms with Crippen LogP contribution < -0.4 is 14.4 Å². The zero-order valence-electron chi connectivity index (χ0n) is 15.2. The first-order valence-corrected chi connectivity index (χ1v) is 10.5. The number of hydrogen-bond acceptors (Lipinski definition) is 4. The van der Waals surface area contributed by atoms with Crippen molar-refractivity contribution < 1.29 is 13.2 Å². The summed E-state index contributed by atoms with van der Waals surface area (Å²) in [6, 6.07) is 11.5. The van der Waals surface area contributed by atoms with Gasteiger partial charge in [0, 0.05) is 19.2 Å². The SMILES string of the molecule is Cc1cc2c(cc1S(=O)(=O)NC1CCCc3ccccc31)OCCN2C. The van der Waals surface area contributed by atoms with Gasteiger partial charge in [0.05, 0.1) is 17.1 Å². The minimum absolute atomic E-state index is 0.177. The maximum Gasteiger partial charge on any atom is 0.241 e. The van der Waals surface area contributed by atoms with Crippen LogP contribution >= 0.6 is 0 Å². The Balaban J connectivity index is 1.68. The van der Waals surface area contributed by atoms with E-state index in [2.05, 4.69) is 15.7 Å². The second-order valence-corrected chi connectivity index (χ2v) is 8.80. The summed E-state index contributed by atoms with van der Waals surface area (Å²) in [6.45, 7) is 3.21. The Morgan fingerprint density at radius 2 is 2.04 bits per heavy atom. The maximum absolute atomic E-state index is 13.1. The Kier molecular flexibility index (Phi) is 4.40. The summed E-state index contributed by atoms with van der Waals surface area (Å²) in [6.07, 6.45) is 2.81. The third-order valence-electron chi connectivity index (χ3n) is 5.31. The standard InChI is InChI=1S/C20H24N2O3S/c1-14-12-18-19(25-11-10-22(18)2)13-20(14)26(23,24)21-17-9-5-7-15-6-3-4-8-16(15)17/h3-4,6,8,12-13,17,21H,5,7,9-11H2,1-2H3. The van der Waals surface area contributed by atoms with Crippen LogP contribution in [0.4, 0.5) is 5.69 Å². The lowest BCUT2D eigenvalue weighted by Crippen LogP contribution is -2.32. The van der Waals surface area contributed by atoms with Crippen molar-refractivity contribution in [1.29, 1.82) is 0 Å². The molecule has 5 nitrogen and oxygen atoms in total. The van der Waals surface area contributed by atoms with Crippen LogP contribution in [0.5, 0.6) is 5.75 Å². The van der Waals surface area contributed by atoms with E-state index in [9.17, 15) is 8.42 Å². The molecular formula is C20H24N2O3S. The first-order valence-electron chi connectivity index (χ1n) is 9.04. The Bertz CT molecular complexity index is 940. The number of anilines is 1. The molecule has 0 spiro atoms. The van der Waals surface area contributed by atoms with Crippen LogP contribution in [0.3, 0.4) is 0 Å². The van der Waals surface area contributed by atoms with E-state index in [1.807, 2.05) is 38.2 Å². The molecule has 0 saturated carbocycles. The van der Waals surface area contributed by atoms with Gasteiger partial charge in [0.25, 0.3) is 0 Å². The minimum atomic E-state index is -3.63. The van der Waals surface area contributed by atoms with E-state index in [0.29, 0.717) is 17.3 Å². The van der Waals surface area contributed by atoms with Crippen molar-refractivity contribution in [1.82, 2.24) is 4.72 Å². The molecule has 0 fully saturated rings. The quantitative estimate of drug-likeness (QED) is 0.899. The van der Waals surface area contributed by atoms with Gasteiger partial charge in [0.15, 0.2) is 0 Å². The molecule has 1 N–H and O–H groups in total. The number of aryl methyl sites for hydroxylation is 2. The zero-order chi connectivity index (χ0) is 18.3. The molecular weight excluding hydrogens is 348 g/mol. The average molecular weight is 372 g/mol. The lowest BCUT2D eigenvalue weighted by molar-refractivity contribution is 0.310. The van der Waals surface area contributed by atoms with E-state index >= 15 is 0 Å². The van der Waals surface area contributed by atoms with Gasteiger partial charge in [0.1, 0.15) is 12.4 Å². The molecule has 0 bridgehead atoms. The Labute approximate surface area is 155 Å². The fourth-order valence-electron chi connectivity index (χ4n) is 3.90. The molecule has 1 aliphatic carbocycles. The Morgan fingerprint density at radius 1 is 1.23 bits per heavy atom. The van der Waals surface area contributed by atoms with Gasteiger partial charge in [-0.25, -0.2) is 13.1 Å². The number of likely N-dealkylation sites (N-methyl/N-ethyl adjacent to an activating group) is 1. The van der Waals surface area contributed by atoms with Crippen LogP contribution in [0.15, 0.2) is 41.3 Å². The lowest BCUT2D eigenvalue weighted by atomic mass is 9.88. The third kappa shape index (κ3) is 3.08. The molecule has 2 aliphatic rings. The predicted molar refractivity (Wildman–Crippen MR) is 102 cm³/mol. The van der Waals surface area contributed by atoms with Crippen LogP contribution in [0, 0.1) is 6.92 Å². The van der Waals surface area contributed by atoms with E-state index < -0.39 is 10.0 Å². The van der Waals surface area contributed by atoms with Crippen LogP contribution in [0.25, 0.3) is 0 Å². The number of nitrogens with one attached hydrogen (secondary N) is 1. The number of benzene rings is 2. The van der Waals surface area contributed by atoms with Gasteiger partial charge in [0.2, 0.25) is 10.0 Å². The predicted octanol–water partition coefficient (Wildman–Crippen LogP) is 3.18. The van der Waals surface area contributed by atoms with Crippen LogP contribution in [-0.4, -0.2) is 28.6 Å². The van der Waals surface area contributed by atoms with Gasteiger partial charge >= 0.3 is 0 Å². The Morgan fingerprint density at radius 3 is 2.88 bits per heavy atom. The van der Waals surface area contributed by atoms with Gasteiger partial charge in [-0.1, -0.05) is 24.3 Å². The highest BCUT2D eigenvalue weighted by Crippen LogP contribution is 2.36. The van der Waals surface area contributed by atoms with Crippen molar-refractivity contribution in [2.75, 3.05) is 25.1 Å². The summed E-state index contributed by atoms with van der Waals surface area (Å²) in [4.78, 5) is 2.39. The first kappa shape index (κ1) is 17.4. The zero-order valence-corrected chi connectivity index (χ0v) is 16.0. The third-order valence-corrected chi connectivity index (χ3v) is 6.92. The molecule has 26 heavy (non-hydrogen) atoms. The van der Waals surface area contributed by atoms with Crippen molar-refractivity contribution in [3.63, 3.8) is 0 Å². The molecule has 0 saturated heterocycles. The fourth-order valence-corrected chi connectivity index (χ4v) is 5.39. The molecule has 1 aliphatic heterocycles. The number of rotatable bonds is 3. The molecule has 0 amide bonds. The van der Waals surface area contributed by atoms with E-state index in [4.69, 9.17) is 4.74 Å². The fraction of sp³-hybridized carbons (Fsp3) is 0.400. The smallest absolute Gasteiger partial charge is 0.241 e. The molecule has 0 aromatic heterocycles. The van der Waals surface area contributed by atoms with Gasteiger partial charge in [-0.2, -0.15) is 0 Å². The number of sulfonamides is 1. The summed E-state index contributed by atoms with van der Waals surface area (Å²) < 4.78 is 34.9. The van der Waals surface area contributed by atoms with E-state index in [1.165, 1.54) is 5.56 Å². The summed E-state index contributed by atoms with van der Waals surface area (Å²) in [5.74, 6) is 0.633. The second kappa shape index (κ2) is 6.59. The van der Waals surface area contributed by atoms with Crippen molar-refractivity contribution in [3.8, 4) is 5.75 Å². The highest BCUT2D eigenvalue weighted by Gasteiger charge is 2.28. The summed E-state index contributed by atoms with van der Waals surface area (Å²) in [7, 11) is -1.64. The van der Waals surface area contributed by atoms with Crippen molar-refractivity contribution in [3.05, 3.63) is 53.1 Å². The highest BCUT2D eigenvalue weighted by molar-refractivity contribution is 7.89. The number of hydrogen-bond donors (Lipinski definition) is 1. The van der Waals surface area contributed by atoms with Crippen LogP contribution in [0.2, 0.25) is 0 Å². The van der Waals surface area contributed by atoms with Gasteiger partial charge < -0.3 is 9.64 Å².